The Hall–Kier alpha value is 0.400. The van der Waals surface area contributed by atoms with Crippen LogP contribution in [0.15, 0.2) is 0 Å². The van der Waals surface area contributed by atoms with E-state index in [1.54, 1.807) is 4.90 Å². The summed E-state index contributed by atoms with van der Waals surface area (Å²) < 4.78 is 0. The standard InChI is InChI=1S/C7H16N2.BrH/c1-4-9-6-5-8(3)7(9)2;/h7H,4-6H2,1-3H3;1H. The van der Waals surface area contributed by atoms with E-state index < -0.39 is 0 Å². The molecule has 0 aromatic heterocycles. The number of quaternary nitrogens is 1. The minimum Gasteiger partial charge on any atom is -1.00 e. The second-order valence-corrected chi connectivity index (χ2v) is 2.92. The number of hydrogen-bond acceptors (Lipinski definition) is 1. The number of rotatable bonds is 1. The normalized spacial score (nSPS) is 33.9. The molecule has 0 aliphatic carbocycles. The first-order valence-electron chi connectivity index (χ1n) is 3.80. The summed E-state index contributed by atoms with van der Waals surface area (Å²) in [4.78, 5) is 4.14. The number of likely N-dealkylation sites (N-methyl/N-ethyl adjacent to an activating group) is 2. The monoisotopic (exact) mass is 208 g/mol. The van der Waals surface area contributed by atoms with Gasteiger partial charge in [0.25, 0.3) is 0 Å². The summed E-state index contributed by atoms with van der Waals surface area (Å²) in [5, 5.41) is 0. The Morgan fingerprint density at radius 1 is 1.60 bits per heavy atom. The molecule has 2 unspecified atom stereocenters. The highest BCUT2D eigenvalue weighted by atomic mass is 79.9. The first-order valence-corrected chi connectivity index (χ1v) is 3.80. The molecule has 1 heterocycles. The van der Waals surface area contributed by atoms with Gasteiger partial charge in [-0.3, -0.25) is 4.90 Å². The van der Waals surface area contributed by atoms with Gasteiger partial charge in [-0.15, -0.1) is 0 Å². The third kappa shape index (κ3) is 1.94. The predicted molar refractivity (Wildman–Crippen MR) is 38.5 cm³/mol. The second-order valence-electron chi connectivity index (χ2n) is 2.92. The van der Waals surface area contributed by atoms with Crippen molar-refractivity contribution in [1.82, 2.24) is 4.90 Å². The van der Waals surface area contributed by atoms with Crippen LogP contribution in [0.3, 0.4) is 0 Å². The molecule has 1 N–H and O–H groups in total. The quantitative estimate of drug-likeness (QED) is 0.465. The van der Waals surface area contributed by atoms with Crippen molar-refractivity contribution in [3.8, 4) is 0 Å². The van der Waals surface area contributed by atoms with Crippen molar-refractivity contribution >= 4 is 0 Å². The van der Waals surface area contributed by atoms with E-state index in [9.17, 15) is 0 Å². The van der Waals surface area contributed by atoms with Crippen LogP contribution >= 0.6 is 0 Å². The molecule has 0 aromatic rings. The van der Waals surface area contributed by atoms with Crippen molar-refractivity contribution in [2.45, 2.75) is 20.0 Å². The SMILES string of the molecule is CC[NH+]1CCN(C)C1C.[Br-]. The Bertz CT molecular complexity index is 97.6. The molecule has 0 amide bonds. The van der Waals surface area contributed by atoms with E-state index in [0.29, 0.717) is 0 Å². The Kier molecular flexibility index (Phi) is 4.49. The maximum atomic E-state index is 2.42. The van der Waals surface area contributed by atoms with Gasteiger partial charge >= 0.3 is 0 Å². The fourth-order valence-corrected chi connectivity index (χ4v) is 1.51. The van der Waals surface area contributed by atoms with Crippen molar-refractivity contribution in [1.29, 1.82) is 0 Å². The van der Waals surface area contributed by atoms with Crippen molar-refractivity contribution in [3.05, 3.63) is 0 Å². The molecule has 1 aliphatic rings. The molecule has 2 nitrogen and oxygen atoms in total. The smallest absolute Gasteiger partial charge is 0.140 e. The lowest BCUT2D eigenvalue weighted by Crippen LogP contribution is -3.13. The van der Waals surface area contributed by atoms with Crippen LogP contribution in [0.1, 0.15) is 13.8 Å². The zero-order valence-corrected chi connectivity index (χ0v) is 8.61. The molecule has 0 spiro atoms. The van der Waals surface area contributed by atoms with Gasteiger partial charge in [0.05, 0.1) is 19.6 Å². The summed E-state index contributed by atoms with van der Waals surface area (Å²) in [7, 11) is 2.20. The molecule has 0 bridgehead atoms. The summed E-state index contributed by atoms with van der Waals surface area (Å²) in [6.45, 7) is 8.42. The lowest BCUT2D eigenvalue weighted by molar-refractivity contribution is -0.914. The predicted octanol–water partition coefficient (Wildman–Crippen LogP) is -3.81. The van der Waals surface area contributed by atoms with Gasteiger partial charge in [-0.2, -0.15) is 0 Å². The highest BCUT2D eigenvalue weighted by Crippen LogP contribution is 1.90. The van der Waals surface area contributed by atoms with Crippen LogP contribution in [0.2, 0.25) is 0 Å². The van der Waals surface area contributed by atoms with Crippen molar-refractivity contribution < 1.29 is 21.9 Å². The second kappa shape index (κ2) is 4.31. The van der Waals surface area contributed by atoms with Gasteiger partial charge in [0.2, 0.25) is 0 Å². The first-order chi connectivity index (χ1) is 4.25. The molecule has 1 rings (SSSR count). The Balaban J connectivity index is 0.000000810. The lowest BCUT2D eigenvalue weighted by Gasteiger charge is -2.18. The Morgan fingerprint density at radius 2 is 2.20 bits per heavy atom. The zero-order valence-electron chi connectivity index (χ0n) is 7.02. The maximum Gasteiger partial charge on any atom is 0.140 e. The summed E-state index contributed by atoms with van der Waals surface area (Å²) in [6.07, 6.45) is 0.745. The van der Waals surface area contributed by atoms with Crippen LogP contribution in [-0.2, 0) is 0 Å². The van der Waals surface area contributed by atoms with E-state index >= 15 is 0 Å². The minimum absolute atomic E-state index is 0. The molecule has 62 valence electrons. The van der Waals surface area contributed by atoms with Crippen molar-refractivity contribution in [2.24, 2.45) is 0 Å². The molecule has 10 heavy (non-hydrogen) atoms. The van der Waals surface area contributed by atoms with Gasteiger partial charge in [-0.1, -0.05) is 0 Å². The highest BCUT2D eigenvalue weighted by Gasteiger charge is 2.26. The van der Waals surface area contributed by atoms with Crippen LogP contribution in [-0.4, -0.2) is 37.7 Å². The van der Waals surface area contributed by atoms with E-state index in [4.69, 9.17) is 0 Å². The number of hydrogen-bond donors (Lipinski definition) is 1. The molecule has 1 aliphatic heterocycles. The van der Waals surface area contributed by atoms with Crippen molar-refractivity contribution in [2.75, 3.05) is 26.7 Å². The molecule has 0 saturated carbocycles. The van der Waals surface area contributed by atoms with Gasteiger partial charge in [0, 0.05) is 6.92 Å². The molecule has 2 atom stereocenters. The lowest BCUT2D eigenvalue weighted by atomic mass is 10.5. The third-order valence-corrected chi connectivity index (χ3v) is 2.49. The minimum atomic E-state index is 0. The zero-order chi connectivity index (χ0) is 6.85. The first kappa shape index (κ1) is 10.4. The van der Waals surface area contributed by atoms with Gasteiger partial charge in [-0.05, 0) is 14.0 Å². The highest BCUT2D eigenvalue weighted by molar-refractivity contribution is 4.56. The fraction of sp³-hybridized carbons (Fsp3) is 1.00. The van der Waals surface area contributed by atoms with Crippen LogP contribution < -0.4 is 21.9 Å². The molecular formula is C7H17BrN2. The fourth-order valence-electron chi connectivity index (χ4n) is 1.51. The molecule has 1 fully saturated rings. The average Bonchev–Trinajstić information content (AvgIpc) is 2.15. The molecule has 0 aromatic carbocycles. The number of halogens is 1. The third-order valence-electron chi connectivity index (χ3n) is 2.49. The van der Waals surface area contributed by atoms with Crippen molar-refractivity contribution in [3.63, 3.8) is 0 Å². The topological polar surface area (TPSA) is 7.68 Å². The van der Waals surface area contributed by atoms with Crippen LogP contribution in [0, 0.1) is 0 Å². The largest absolute Gasteiger partial charge is 1.00 e. The Morgan fingerprint density at radius 3 is 2.40 bits per heavy atom. The average molecular weight is 209 g/mol. The van der Waals surface area contributed by atoms with Gasteiger partial charge in [-0.25, -0.2) is 0 Å². The summed E-state index contributed by atoms with van der Waals surface area (Å²) in [5.74, 6) is 0. The van der Waals surface area contributed by atoms with E-state index in [1.165, 1.54) is 19.6 Å². The van der Waals surface area contributed by atoms with Gasteiger partial charge in [0.1, 0.15) is 6.17 Å². The van der Waals surface area contributed by atoms with E-state index in [-0.39, 0.29) is 17.0 Å². The molecule has 0 radical (unpaired) electrons. The number of nitrogens with zero attached hydrogens (tertiary/aromatic N) is 1. The van der Waals surface area contributed by atoms with Gasteiger partial charge < -0.3 is 21.9 Å². The van der Waals surface area contributed by atoms with Gasteiger partial charge in [0.15, 0.2) is 0 Å². The number of nitrogens with one attached hydrogen (secondary N) is 1. The van der Waals surface area contributed by atoms with Crippen LogP contribution in [0.4, 0.5) is 0 Å². The van der Waals surface area contributed by atoms with Crippen LogP contribution in [0.25, 0.3) is 0 Å². The van der Waals surface area contributed by atoms with E-state index in [2.05, 4.69) is 25.8 Å². The summed E-state index contributed by atoms with van der Waals surface area (Å²) in [5.41, 5.74) is 0. The van der Waals surface area contributed by atoms with Crippen LogP contribution in [0.5, 0.6) is 0 Å². The summed E-state index contributed by atoms with van der Waals surface area (Å²) >= 11 is 0. The maximum absolute atomic E-state index is 2.42. The molecule has 3 heteroatoms. The molecular weight excluding hydrogens is 192 g/mol. The summed E-state index contributed by atoms with van der Waals surface area (Å²) in [6, 6.07) is 0. The Labute approximate surface area is 74.0 Å². The van der Waals surface area contributed by atoms with E-state index in [1.807, 2.05) is 0 Å². The molecule has 1 saturated heterocycles. The van der Waals surface area contributed by atoms with E-state index in [0.717, 1.165) is 6.17 Å².